The molecule has 4 nitrogen and oxygen atoms in total. The van der Waals surface area contributed by atoms with Gasteiger partial charge in [-0.25, -0.2) is 4.98 Å². The van der Waals surface area contributed by atoms with Gasteiger partial charge in [0, 0.05) is 32.1 Å². The maximum atomic E-state index is 12.5. The van der Waals surface area contributed by atoms with E-state index in [2.05, 4.69) is 34.9 Å². The van der Waals surface area contributed by atoms with Crippen LogP contribution in [-0.2, 0) is 4.79 Å². The van der Waals surface area contributed by atoms with E-state index in [9.17, 15) is 4.79 Å². The smallest absolute Gasteiger partial charge is 0.225 e. The summed E-state index contributed by atoms with van der Waals surface area (Å²) in [6.07, 6.45) is 4.63. The van der Waals surface area contributed by atoms with Gasteiger partial charge in [0.1, 0.15) is 0 Å². The van der Waals surface area contributed by atoms with Crippen molar-refractivity contribution in [2.24, 2.45) is 5.92 Å². The zero-order valence-electron chi connectivity index (χ0n) is 13.6. The molecular weight excluding hydrogens is 306 g/mol. The largest absolute Gasteiger partial charge is 0.345 e. The molecule has 2 fully saturated rings. The molecular formula is C18H23N3OS. The molecule has 0 N–H and O–H groups in total. The van der Waals surface area contributed by atoms with Crippen molar-refractivity contribution in [2.45, 2.75) is 32.6 Å². The Kier molecular flexibility index (Phi) is 3.97. The minimum atomic E-state index is 0.298. The highest BCUT2D eigenvalue weighted by molar-refractivity contribution is 7.22. The average Bonchev–Trinajstić information content (AvgIpc) is 3.23. The second-order valence-corrected chi connectivity index (χ2v) is 7.77. The van der Waals surface area contributed by atoms with Crippen LogP contribution >= 0.6 is 11.3 Å². The molecule has 1 aromatic heterocycles. The third-order valence-electron chi connectivity index (χ3n) is 5.10. The first-order valence-corrected chi connectivity index (χ1v) is 9.43. The predicted octanol–water partition coefficient (Wildman–Crippen LogP) is 3.44. The molecule has 0 spiro atoms. The number of carbonyl (C=O) groups excluding carboxylic acids is 1. The molecule has 5 heteroatoms. The summed E-state index contributed by atoms with van der Waals surface area (Å²) in [5, 5.41) is 1.10. The van der Waals surface area contributed by atoms with Crippen molar-refractivity contribution in [3.63, 3.8) is 0 Å². The minimum absolute atomic E-state index is 0.298. The molecule has 1 aliphatic heterocycles. The van der Waals surface area contributed by atoms with Crippen LogP contribution in [0, 0.1) is 12.8 Å². The first-order chi connectivity index (χ1) is 11.2. The third kappa shape index (κ3) is 2.94. The Hall–Kier alpha value is -1.62. The molecule has 122 valence electrons. The number of aryl methyl sites for hydroxylation is 1. The van der Waals surface area contributed by atoms with Crippen LogP contribution in [-0.4, -0.2) is 42.0 Å². The third-order valence-corrected chi connectivity index (χ3v) is 6.18. The topological polar surface area (TPSA) is 36.4 Å². The van der Waals surface area contributed by atoms with Crippen LogP contribution in [0.25, 0.3) is 10.2 Å². The van der Waals surface area contributed by atoms with E-state index in [1.54, 1.807) is 11.3 Å². The molecule has 1 amide bonds. The number of anilines is 1. The standard InChI is InChI=1S/C18H23N3OS/c1-13-6-7-15-16(12-13)23-18(19-15)21-10-8-20(9-11-21)17(22)14-4-2-3-5-14/h6-7,12,14H,2-5,8-11H2,1H3. The second-order valence-electron chi connectivity index (χ2n) is 6.76. The maximum Gasteiger partial charge on any atom is 0.225 e. The summed E-state index contributed by atoms with van der Waals surface area (Å²) >= 11 is 1.76. The first kappa shape index (κ1) is 14.9. The van der Waals surface area contributed by atoms with Gasteiger partial charge in [0.15, 0.2) is 5.13 Å². The van der Waals surface area contributed by atoms with Gasteiger partial charge in [-0.2, -0.15) is 0 Å². The van der Waals surface area contributed by atoms with Crippen molar-refractivity contribution in [1.82, 2.24) is 9.88 Å². The number of nitrogens with zero attached hydrogens (tertiary/aromatic N) is 3. The lowest BCUT2D eigenvalue weighted by atomic mass is 10.1. The van der Waals surface area contributed by atoms with Crippen LogP contribution in [0.3, 0.4) is 0 Å². The van der Waals surface area contributed by atoms with Crippen molar-refractivity contribution in [1.29, 1.82) is 0 Å². The van der Waals surface area contributed by atoms with Crippen molar-refractivity contribution in [2.75, 3.05) is 31.1 Å². The summed E-state index contributed by atoms with van der Waals surface area (Å²) in [5.74, 6) is 0.689. The van der Waals surface area contributed by atoms with Gasteiger partial charge in [0.25, 0.3) is 0 Å². The molecule has 2 heterocycles. The van der Waals surface area contributed by atoms with E-state index < -0.39 is 0 Å². The lowest BCUT2D eigenvalue weighted by Crippen LogP contribution is -2.50. The van der Waals surface area contributed by atoms with Gasteiger partial charge in [-0.15, -0.1) is 0 Å². The number of thiazole rings is 1. The summed E-state index contributed by atoms with van der Waals surface area (Å²) in [5.41, 5.74) is 2.36. The van der Waals surface area contributed by atoms with E-state index in [4.69, 9.17) is 4.98 Å². The summed E-state index contributed by atoms with van der Waals surface area (Å²) < 4.78 is 1.25. The molecule has 0 unspecified atom stereocenters. The lowest BCUT2D eigenvalue weighted by molar-refractivity contribution is -0.135. The highest BCUT2D eigenvalue weighted by atomic mass is 32.1. The van der Waals surface area contributed by atoms with Gasteiger partial charge in [-0.05, 0) is 37.5 Å². The van der Waals surface area contributed by atoms with E-state index in [1.807, 2.05) is 0 Å². The Labute approximate surface area is 141 Å². The van der Waals surface area contributed by atoms with E-state index in [0.29, 0.717) is 11.8 Å². The van der Waals surface area contributed by atoms with Gasteiger partial charge in [-0.3, -0.25) is 4.79 Å². The second kappa shape index (κ2) is 6.11. The number of benzene rings is 1. The number of rotatable bonds is 2. The van der Waals surface area contributed by atoms with Crippen LogP contribution in [0.4, 0.5) is 5.13 Å². The fourth-order valence-corrected chi connectivity index (χ4v) is 4.82. The Morgan fingerprint density at radius 3 is 2.65 bits per heavy atom. The number of hydrogen-bond donors (Lipinski definition) is 0. The Balaban J connectivity index is 1.43. The molecule has 1 saturated heterocycles. The van der Waals surface area contributed by atoms with Gasteiger partial charge in [0.2, 0.25) is 5.91 Å². The van der Waals surface area contributed by atoms with Crippen LogP contribution in [0.2, 0.25) is 0 Å². The van der Waals surface area contributed by atoms with E-state index in [1.165, 1.54) is 23.1 Å². The summed E-state index contributed by atoms with van der Waals surface area (Å²) in [6, 6.07) is 6.42. The fourth-order valence-electron chi connectivity index (χ4n) is 3.70. The Morgan fingerprint density at radius 1 is 1.17 bits per heavy atom. The number of carbonyl (C=O) groups is 1. The highest BCUT2D eigenvalue weighted by Gasteiger charge is 2.29. The number of fused-ring (bicyclic) bond motifs is 1. The number of aromatic nitrogens is 1. The summed E-state index contributed by atoms with van der Waals surface area (Å²) in [4.78, 5) is 21.7. The van der Waals surface area contributed by atoms with Crippen LogP contribution in [0.15, 0.2) is 18.2 Å². The van der Waals surface area contributed by atoms with Gasteiger partial charge < -0.3 is 9.80 Å². The number of hydrogen-bond acceptors (Lipinski definition) is 4. The molecule has 2 aliphatic rings. The van der Waals surface area contributed by atoms with Crippen LogP contribution in [0.1, 0.15) is 31.2 Å². The van der Waals surface area contributed by atoms with Crippen LogP contribution < -0.4 is 4.90 Å². The van der Waals surface area contributed by atoms with Crippen molar-refractivity contribution in [3.05, 3.63) is 23.8 Å². The van der Waals surface area contributed by atoms with Crippen molar-refractivity contribution in [3.8, 4) is 0 Å². The Bertz CT molecular complexity index is 712. The monoisotopic (exact) mass is 329 g/mol. The molecule has 1 aromatic carbocycles. The quantitative estimate of drug-likeness (QED) is 0.847. The molecule has 1 saturated carbocycles. The highest BCUT2D eigenvalue weighted by Crippen LogP contribution is 2.31. The molecule has 2 aromatic rings. The Morgan fingerprint density at radius 2 is 1.91 bits per heavy atom. The van der Waals surface area contributed by atoms with E-state index in [0.717, 1.165) is 49.7 Å². The normalized spacial score (nSPS) is 19.7. The number of amides is 1. The van der Waals surface area contributed by atoms with Crippen molar-refractivity contribution >= 4 is 32.6 Å². The van der Waals surface area contributed by atoms with E-state index >= 15 is 0 Å². The molecule has 0 atom stereocenters. The molecule has 0 radical (unpaired) electrons. The molecule has 4 rings (SSSR count). The van der Waals surface area contributed by atoms with Gasteiger partial charge >= 0.3 is 0 Å². The molecule has 0 bridgehead atoms. The van der Waals surface area contributed by atoms with Gasteiger partial charge in [-0.1, -0.05) is 30.2 Å². The zero-order valence-corrected chi connectivity index (χ0v) is 14.4. The minimum Gasteiger partial charge on any atom is -0.345 e. The maximum absolute atomic E-state index is 12.5. The zero-order chi connectivity index (χ0) is 15.8. The lowest BCUT2D eigenvalue weighted by Gasteiger charge is -2.35. The predicted molar refractivity (Wildman–Crippen MR) is 95.1 cm³/mol. The summed E-state index contributed by atoms with van der Waals surface area (Å²) in [6.45, 7) is 5.59. The average molecular weight is 329 g/mol. The van der Waals surface area contributed by atoms with Crippen LogP contribution in [0.5, 0.6) is 0 Å². The van der Waals surface area contributed by atoms with Crippen molar-refractivity contribution < 1.29 is 4.79 Å². The number of piperazine rings is 1. The van der Waals surface area contributed by atoms with E-state index in [-0.39, 0.29) is 0 Å². The fraction of sp³-hybridized carbons (Fsp3) is 0.556. The molecule has 23 heavy (non-hydrogen) atoms. The first-order valence-electron chi connectivity index (χ1n) is 8.61. The van der Waals surface area contributed by atoms with Gasteiger partial charge in [0.05, 0.1) is 10.2 Å². The summed E-state index contributed by atoms with van der Waals surface area (Å²) in [7, 11) is 0. The molecule has 1 aliphatic carbocycles. The SMILES string of the molecule is Cc1ccc2nc(N3CCN(C(=O)C4CCCC4)CC3)sc2c1.